The van der Waals surface area contributed by atoms with Crippen LogP contribution in [0.15, 0.2) is 58.4 Å². The Bertz CT molecular complexity index is 826. The number of hydrogen-bond acceptors (Lipinski definition) is 3. The fourth-order valence-electron chi connectivity index (χ4n) is 2.45. The lowest BCUT2D eigenvalue weighted by Crippen LogP contribution is -2.29. The first-order valence-corrected chi connectivity index (χ1v) is 9.38. The number of thioether (sulfide) groups is 1. The summed E-state index contributed by atoms with van der Waals surface area (Å²) in [7, 11) is 0. The highest BCUT2D eigenvalue weighted by Gasteiger charge is 2.32. The largest absolute Gasteiger partial charge is 0.286 e. The summed E-state index contributed by atoms with van der Waals surface area (Å²) >= 11 is 7.35. The Kier molecular flexibility index (Phi) is 5.61. The summed E-state index contributed by atoms with van der Waals surface area (Å²) < 4.78 is 0. The van der Waals surface area contributed by atoms with Gasteiger partial charge in [0, 0.05) is 11.6 Å². The molecule has 0 aliphatic carbocycles. The SMILES string of the molecule is CCCN1C(=O)C(=Cc2ccc(Cl)cc2)SC1=Nc1ccc(C)cc1. The van der Waals surface area contributed by atoms with E-state index in [-0.39, 0.29) is 5.91 Å². The van der Waals surface area contributed by atoms with Crippen molar-refractivity contribution in [3.8, 4) is 0 Å². The van der Waals surface area contributed by atoms with Gasteiger partial charge >= 0.3 is 0 Å². The molecule has 1 saturated heterocycles. The van der Waals surface area contributed by atoms with Gasteiger partial charge in [0.2, 0.25) is 0 Å². The summed E-state index contributed by atoms with van der Waals surface area (Å²) in [6, 6.07) is 15.4. The Morgan fingerprint density at radius 2 is 1.80 bits per heavy atom. The summed E-state index contributed by atoms with van der Waals surface area (Å²) in [6.07, 6.45) is 2.77. The van der Waals surface area contributed by atoms with Crippen molar-refractivity contribution in [2.45, 2.75) is 20.3 Å². The van der Waals surface area contributed by atoms with Gasteiger partial charge in [-0.05, 0) is 61.0 Å². The molecule has 0 N–H and O–H groups in total. The predicted molar refractivity (Wildman–Crippen MR) is 107 cm³/mol. The van der Waals surface area contributed by atoms with E-state index in [1.54, 1.807) is 4.90 Å². The number of aryl methyl sites for hydroxylation is 1. The summed E-state index contributed by atoms with van der Waals surface area (Å²) in [5, 5.41) is 1.41. The molecule has 0 bridgehead atoms. The molecule has 5 heteroatoms. The summed E-state index contributed by atoms with van der Waals surface area (Å²) in [5.74, 6) is 0.00709. The van der Waals surface area contributed by atoms with E-state index >= 15 is 0 Å². The van der Waals surface area contributed by atoms with Crippen LogP contribution < -0.4 is 0 Å². The quantitative estimate of drug-likeness (QED) is 0.650. The highest BCUT2D eigenvalue weighted by molar-refractivity contribution is 8.18. The number of benzene rings is 2. The van der Waals surface area contributed by atoms with Gasteiger partial charge in [0.15, 0.2) is 5.17 Å². The monoisotopic (exact) mass is 370 g/mol. The number of nitrogens with zero attached hydrogens (tertiary/aromatic N) is 2. The summed E-state index contributed by atoms with van der Waals surface area (Å²) in [6.45, 7) is 4.76. The Hall–Kier alpha value is -2.04. The first kappa shape index (κ1) is 17.8. The maximum atomic E-state index is 12.8. The minimum atomic E-state index is 0.00709. The Morgan fingerprint density at radius 3 is 2.44 bits per heavy atom. The number of aliphatic imine (C=N–C) groups is 1. The second-order valence-corrected chi connectivity index (χ2v) is 7.29. The molecule has 0 radical (unpaired) electrons. The van der Waals surface area contributed by atoms with Crippen LogP contribution in [0.4, 0.5) is 5.69 Å². The van der Waals surface area contributed by atoms with Gasteiger partial charge in [0.1, 0.15) is 0 Å². The Morgan fingerprint density at radius 1 is 1.12 bits per heavy atom. The normalized spacial score (nSPS) is 17.7. The Balaban J connectivity index is 1.91. The van der Waals surface area contributed by atoms with Gasteiger partial charge in [-0.3, -0.25) is 9.69 Å². The first-order chi connectivity index (χ1) is 12.1. The van der Waals surface area contributed by atoms with Gasteiger partial charge in [0.05, 0.1) is 10.6 Å². The molecule has 0 unspecified atom stereocenters. The molecule has 1 amide bonds. The third-order valence-electron chi connectivity index (χ3n) is 3.76. The van der Waals surface area contributed by atoms with Crippen molar-refractivity contribution >= 4 is 46.2 Å². The number of amides is 1. The van der Waals surface area contributed by atoms with Crippen LogP contribution in [0.3, 0.4) is 0 Å². The third-order valence-corrected chi connectivity index (χ3v) is 5.02. The predicted octanol–water partition coefficient (Wildman–Crippen LogP) is 5.66. The Labute approximate surface area is 157 Å². The van der Waals surface area contributed by atoms with E-state index < -0.39 is 0 Å². The number of carbonyl (C=O) groups is 1. The maximum absolute atomic E-state index is 12.8. The van der Waals surface area contributed by atoms with Crippen molar-refractivity contribution in [2.75, 3.05) is 6.54 Å². The zero-order valence-electron chi connectivity index (χ0n) is 14.2. The molecule has 2 aromatic carbocycles. The zero-order chi connectivity index (χ0) is 17.8. The van der Waals surface area contributed by atoms with Crippen LogP contribution in [-0.2, 0) is 4.79 Å². The van der Waals surface area contributed by atoms with Gasteiger partial charge in [-0.1, -0.05) is 48.4 Å². The van der Waals surface area contributed by atoms with Crippen LogP contribution in [0.25, 0.3) is 6.08 Å². The fourth-order valence-corrected chi connectivity index (χ4v) is 3.60. The molecule has 3 rings (SSSR count). The van der Waals surface area contributed by atoms with E-state index in [4.69, 9.17) is 11.6 Å². The van der Waals surface area contributed by atoms with E-state index in [0.29, 0.717) is 16.5 Å². The van der Waals surface area contributed by atoms with Crippen LogP contribution in [0.5, 0.6) is 0 Å². The van der Waals surface area contributed by atoms with Crippen molar-refractivity contribution in [1.82, 2.24) is 4.90 Å². The summed E-state index contributed by atoms with van der Waals surface area (Å²) in [4.78, 5) is 19.9. The molecule has 128 valence electrons. The van der Waals surface area contributed by atoms with E-state index in [1.165, 1.54) is 17.3 Å². The lowest BCUT2D eigenvalue weighted by atomic mass is 10.2. The number of amidine groups is 1. The third kappa shape index (κ3) is 4.33. The van der Waals surface area contributed by atoms with Crippen molar-refractivity contribution < 1.29 is 4.79 Å². The highest BCUT2D eigenvalue weighted by atomic mass is 35.5. The number of hydrogen-bond donors (Lipinski definition) is 0. The average Bonchev–Trinajstić information content (AvgIpc) is 2.88. The number of carbonyl (C=O) groups excluding carboxylic acids is 1. The van der Waals surface area contributed by atoms with Gasteiger partial charge in [0.25, 0.3) is 5.91 Å². The van der Waals surface area contributed by atoms with E-state index in [2.05, 4.69) is 11.9 Å². The molecule has 0 aromatic heterocycles. The second-order valence-electron chi connectivity index (χ2n) is 5.85. The van der Waals surface area contributed by atoms with Crippen molar-refractivity contribution in [3.05, 3.63) is 69.6 Å². The number of rotatable bonds is 4. The number of halogens is 1. The van der Waals surface area contributed by atoms with Gasteiger partial charge in [-0.25, -0.2) is 4.99 Å². The molecule has 1 aliphatic rings. The smallest absolute Gasteiger partial charge is 0.266 e. The molecule has 0 saturated carbocycles. The van der Waals surface area contributed by atoms with Gasteiger partial charge < -0.3 is 0 Å². The molecule has 0 atom stereocenters. The van der Waals surface area contributed by atoms with Gasteiger partial charge in [-0.15, -0.1) is 0 Å². The second kappa shape index (κ2) is 7.89. The molecule has 1 heterocycles. The first-order valence-electron chi connectivity index (χ1n) is 8.19. The molecule has 2 aromatic rings. The van der Waals surface area contributed by atoms with Gasteiger partial charge in [-0.2, -0.15) is 0 Å². The molecule has 3 nitrogen and oxygen atoms in total. The average molecular weight is 371 g/mol. The van der Waals surface area contributed by atoms with Crippen LogP contribution in [-0.4, -0.2) is 22.5 Å². The minimum absolute atomic E-state index is 0.00709. The van der Waals surface area contributed by atoms with Crippen LogP contribution in [0, 0.1) is 6.92 Å². The topological polar surface area (TPSA) is 32.7 Å². The minimum Gasteiger partial charge on any atom is -0.286 e. The summed E-state index contributed by atoms with van der Waals surface area (Å²) in [5.41, 5.74) is 3.00. The molecular formula is C20H19ClN2OS. The van der Waals surface area contributed by atoms with Crippen molar-refractivity contribution in [3.63, 3.8) is 0 Å². The van der Waals surface area contributed by atoms with Crippen LogP contribution in [0.1, 0.15) is 24.5 Å². The standard InChI is InChI=1S/C20H19ClN2OS/c1-3-12-23-19(24)18(13-15-6-8-16(21)9-7-15)25-20(23)22-17-10-4-14(2)5-11-17/h4-11,13H,3,12H2,1-2H3. The van der Waals surface area contributed by atoms with E-state index in [9.17, 15) is 4.79 Å². The highest BCUT2D eigenvalue weighted by Crippen LogP contribution is 2.34. The van der Waals surface area contributed by atoms with E-state index in [0.717, 1.165) is 22.8 Å². The fraction of sp³-hybridized carbons (Fsp3) is 0.200. The molecule has 1 fully saturated rings. The maximum Gasteiger partial charge on any atom is 0.266 e. The lowest BCUT2D eigenvalue weighted by Gasteiger charge is -2.13. The lowest BCUT2D eigenvalue weighted by molar-refractivity contribution is -0.122. The molecular weight excluding hydrogens is 352 g/mol. The van der Waals surface area contributed by atoms with Crippen LogP contribution >= 0.6 is 23.4 Å². The van der Waals surface area contributed by atoms with Crippen molar-refractivity contribution in [1.29, 1.82) is 0 Å². The molecule has 25 heavy (non-hydrogen) atoms. The zero-order valence-corrected chi connectivity index (χ0v) is 15.8. The molecule has 0 spiro atoms. The van der Waals surface area contributed by atoms with E-state index in [1.807, 2.05) is 61.5 Å². The molecule has 1 aliphatic heterocycles. The van der Waals surface area contributed by atoms with Crippen LogP contribution in [0.2, 0.25) is 5.02 Å². The van der Waals surface area contributed by atoms with Crippen molar-refractivity contribution in [2.24, 2.45) is 4.99 Å².